The van der Waals surface area contributed by atoms with E-state index in [1.807, 2.05) is 4.90 Å². The fourth-order valence-corrected chi connectivity index (χ4v) is 2.89. The van der Waals surface area contributed by atoms with E-state index in [-0.39, 0.29) is 12.0 Å². The number of nitrogens with zero attached hydrogens (tertiary/aromatic N) is 2. The van der Waals surface area contributed by atoms with Crippen molar-refractivity contribution in [2.45, 2.75) is 18.9 Å². The molecule has 1 aliphatic heterocycles. The van der Waals surface area contributed by atoms with Gasteiger partial charge in [-0.3, -0.25) is 0 Å². The van der Waals surface area contributed by atoms with Crippen molar-refractivity contribution >= 4 is 39.3 Å². The van der Waals surface area contributed by atoms with Crippen LogP contribution < -0.4 is 4.90 Å². The van der Waals surface area contributed by atoms with E-state index in [2.05, 4.69) is 20.9 Å². The summed E-state index contributed by atoms with van der Waals surface area (Å²) >= 11 is 9.26. The molecule has 1 unspecified atom stereocenters. The minimum absolute atomic E-state index is 0.217. The third kappa shape index (κ3) is 2.55. The number of carbonyl (C=O) groups is 1. The van der Waals surface area contributed by atoms with Gasteiger partial charge in [-0.2, -0.15) is 0 Å². The largest absolute Gasteiger partial charge is 0.467 e. The Labute approximate surface area is 113 Å². The van der Waals surface area contributed by atoms with E-state index in [4.69, 9.17) is 16.3 Å². The molecule has 0 radical (unpaired) electrons. The summed E-state index contributed by atoms with van der Waals surface area (Å²) in [5.41, 5.74) is 0. The van der Waals surface area contributed by atoms with Crippen LogP contribution in [0.1, 0.15) is 12.8 Å². The second-order valence-electron chi connectivity index (χ2n) is 3.83. The molecule has 0 spiro atoms. The highest BCUT2D eigenvalue weighted by Crippen LogP contribution is 2.32. The van der Waals surface area contributed by atoms with Gasteiger partial charge in [0.05, 0.1) is 16.6 Å². The van der Waals surface area contributed by atoms with E-state index in [0.717, 1.165) is 29.7 Å². The van der Waals surface area contributed by atoms with Gasteiger partial charge in [0, 0.05) is 12.7 Å². The molecule has 0 bridgehead atoms. The van der Waals surface area contributed by atoms with Crippen LogP contribution in [0.2, 0.25) is 5.02 Å². The van der Waals surface area contributed by atoms with E-state index in [9.17, 15) is 4.79 Å². The predicted molar refractivity (Wildman–Crippen MR) is 69.3 cm³/mol. The van der Waals surface area contributed by atoms with Crippen molar-refractivity contribution in [2.24, 2.45) is 0 Å². The van der Waals surface area contributed by atoms with Crippen molar-refractivity contribution < 1.29 is 9.53 Å². The maximum atomic E-state index is 11.6. The summed E-state index contributed by atoms with van der Waals surface area (Å²) in [5, 5.41) is 0.564. The highest BCUT2D eigenvalue weighted by atomic mass is 79.9. The Morgan fingerprint density at radius 3 is 3.12 bits per heavy atom. The van der Waals surface area contributed by atoms with Crippen LogP contribution >= 0.6 is 27.5 Å². The Hall–Kier alpha value is -0.810. The molecule has 1 aromatic heterocycles. The Morgan fingerprint density at radius 1 is 1.71 bits per heavy atom. The van der Waals surface area contributed by atoms with Crippen molar-refractivity contribution in [3.05, 3.63) is 21.8 Å². The first-order valence-electron chi connectivity index (χ1n) is 5.29. The maximum absolute atomic E-state index is 11.6. The Bertz CT molecular complexity index is 441. The number of rotatable bonds is 2. The SMILES string of the molecule is COC(=O)C1CCCN1c1ncc(Cl)cc1Br. The monoisotopic (exact) mass is 318 g/mol. The first-order chi connectivity index (χ1) is 8.13. The van der Waals surface area contributed by atoms with Crippen LogP contribution in [-0.4, -0.2) is 30.6 Å². The molecule has 1 saturated heterocycles. The normalized spacial score (nSPS) is 19.5. The molecular weight excluding hydrogens is 307 g/mol. The van der Waals surface area contributed by atoms with E-state index < -0.39 is 0 Å². The topological polar surface area (TPSA) is 42.4 Å². The lowest BCUT2D eigenvalue weighted by Crippen LogP contribution is -2.37. The van der Waals surface area contributed by atoms with Gasteiger partial charge in [0.15, 0.2) is 0 Å². The standard InChI is InChI=1S/C11H12BrClN2O2/c1-17-11(16)9-3-2-4-15(9)10-8(12)5-7(13)6-14-10/h5-6,9H,2-4H2,1H3. The average Bonchev–Trinajstić information content (AvgIpc) is 2.77. The zero-order valence-electron chi connectivity index (χ0n) is 9.32. The molecule has 0 saturated carbocycles. The number of hydrogen-bond donors (Lipinski definition) is 0. The van der Waals surface area contributed by atoms with E-state index >= 15 is 0 Å². The van der Waals surface area contributed by atoms with Crippen LogP contribution in [0.3, 0.4) is 0 Å². The number of aromatic nitrogens is 1. The van der Waals surface area contributed by atoms with Crippen LogP contribution in [0.5, 0.6) is 0 Å². The first kappa shape index (κ1) is 12.6. The average molecular weight is 320 g/mol. The van der Waals surface area contributed by atoms with Crippen LogP contribution in [0.4, 0.5) is 5.82 Å². The number of carbonyl (C=O) groups excluding carboxylic acids is 1. The fraction of sp³-hybridized carbons (Fsp3) is 0.455. The van der Waals surface area contributed by atoms with Crippen LogP contribution in [-0.2, 0) is 9.53 Å². The number of esters is 1. The summed E-state index contributed by atoms with van der Waals surface area (Å²) in [6, 6.07) is 1.53. The lowest BCUT2D eigenvalue weighted by atomic mass is 10.2. The summed E-state index contributed by atoms with van der Waals surface area (Å²) in [6.07, 6.45) is 3.33. The fourth-order valence-electron chi connectivity index (χ4n) is 2.02. The van der Waals surface area contributed by atoms with Gasteiger partial charge >= 0.3 is 5.97 Å². The van der Waals surface area contributed by atoms with Crippen molar-refractivity contribution in [1.82, 2.24) is 4.98 Å². The lowest BCUT2D eigenvalue weighted by molar-refractivity contribution is -0.141. The second kappa shape index (κ2) is 5.23. The molecule has 0 aliphatic carbocycles. The molecule has 1 aromatic rings. The molecule has 17 heavy (non-hydrogen) atoms. The van der Waals surface area contributed by atoms with E-state index in [0.29, 0.717) is 5.02 Å². The molecular formula is C11H12BrClN2O2. The van der Waals surface area contributed by atoms with Crippen molar-refractivity contribution in [3.63, 3.8) is 0 Å². The Kier molecular flexibility index (Phi) is 3.89. The van der Waals surface area contributed by atoms with Crippen molar-refractivity contribution in [3.8, 4) is 0 Å². The van der Waals surface area contributed by atoms with Gasteiger partial charge in [-0.05, 0) is 34.8 Å². The van der Waals surface area contributed by atoms with E-state index in [1.54, 1.807) is 12.3 Å². The zero-order valence-corrected chi connectivity index (χ0v) is 11.7. The summed E-state index contributed by atoms with van der Waals surface area (Å²) in [6.45, 7) is 0.799. The number of methoxy groups -OCH3 is 1. The summed E-state index contributed by atoms with van der Waals surface area (Å²) < 4.78 is 5.59. The smallest absolute Gasteiger partial charge is 0.328 e. The predicted octanol–water partition coefficient (Wildman–Crippen LogP) is 2.64. The van der Waals surface area contributed by atoms with Gasteiger partial charge in [-0.15, -0.1) is 0 Å². The third-order valence-electron chi connectivity index (χ3n) is 2.79. The first-order valence-corrected chi connectivity index (χ1v) is 6.46. The molecule has 0 amide bonds. The van der Waals surface area contributed by atoms with Crippen molar-refractivity contribution in [1.29, 1.82) is 0 Å². The lowest BCUT2D eigenvalue weighted by Gasteiger charge is -2.24. The van der Waals surface area contributed by atoms with Gasteiger partial charge < -0.3 is 9.64 Å². The molecule has 0 aromatic carbocycles. The molecule has 2 rings (SSSR count). The Morgan fingerprint density at radius 2 is 2.47 bits per heavy atom. The third-order valence-corrected chi connectivity index (χ3v) is 3.58. The van der Waals surface area contributed by atoms with Crippen LogP contribution in [0.25, 0.3) is 0 Å². The summed E-state index contributed by atoms with van der Waals surface area (Å²) in [4.78, 5) is 17.9. The maximum Gasteiger partial charge on any atom is 0.328 e. The molecule has 1 aliphatic rings. The Balaban J connectivity index is 2.29. The van der Waals surface area contributed by atoms with Gasteiger partial charge in [-0.1, -0.05) is 11.6 Å². The van der Waals surface area contributed by atoms with Gasteiger partial charge in [0.1, 0.15) is 11.9 Å². The second-order valence-corrected chi connectivity index (χ2v) is 5.12. The van der Waals surface area contributed by atoms with Gasteiger partial charge in [-0.25, -0.2) is 9.78 Å². The van der Waals surface area contributed by atoms with Gasteiger partial charge in [0.2, 0.25) is 0 Å². The molecule has 0 N–H and O–H groups in total. The quantitative estimate of drug-likeness (QED) is 0.786. The van der Waals surface area contributed by atoms with Gasteiger partial charge in [0.25, 0.3) is 0 Å². The molecule has 4 nitrogen and oxygen atoms in total. The highest BCUT2D eigenvalue weighted by molar-refractivity contribution is 9.10. The number of pyridine rings is 1. The number of ether oxygens (including phenoxy) is 1. The molecule has 92 valence electrons. The molecule has 2 heterocycles. The minimum atomic E-state index is -0.245. The van der Waals surface area contributed by atoms with Crippen molar-refractivity contribution in [2.75, 3.05) is 18.6 Å². The number of anilines is 1. The summed E-state index contributed by atoms with van der Waals surface area (Å²) in [5.74, 6) is 0.522. The minimum Gasteiger partial charge on any atom is -0.467 e. The highest BCUT2D eigenvalue weighted by Gasteiger charge is 2.33. The summed E-state index contributed by atoms with van der Waals surface area (Å²) in [7, 11) is 1.41. The van der Waals surface area contributed by atoms with Crippen LogP contribution in [0, 0.1) is 0 Å². The number of halogens is 2. The zero-order chi connectivity index (χ0) is 12.4. The molecule has 6 heteroatoms. The number of hydrogen-bond acceptors (Lipinski definition) is 4. The molecule has 1 atom stereocenters. The van der Waals surface area contributed by atoms with E-state index in [1.165, 1.54) is 7.11 Å². The van der Waals surface area contributed by atoms with Crippen LogP contribution in [0.15, 0.2) is 16.7 Å². The molecule has 1 fully saturated rings.